The molecule has 0 fully saturated rings. The molecule has 66 valence electrons. The number of thiol groups is 1. The molecule has 0 amide bonds. The molecule has 0 atom stereocenters. The van der Waals surface area contributed by atoms with E-state index in [1.165, 1.54) is 32.1 Å². The van der Waals surface area contributed by atoms with E-state index in [4.69, 9.17) is 0 Å². The molecule has 0 aliphatic rings. The van der Waals surface area contributed by atoms with E-state index >= 15 is 0 Å². The van der Waals surface area contributed by atoms with Crippen LogP contribution >= 0.6 is 12.6 Å². The van der Waals surface area contributed by atoms with Crippen molar-refractivity contribution < 1.29 is 0 Å². The van der Waals surface area contributed by atoms with Crippen molar-refractivity contribution in [3.05, 3.63) is 11.6 Å². The van der Waals surface area contributed by atoms with Crippen molar-refractivity contribution in [3.8, 4) is 0 Å². The van der Waals surface area contributed by atoms with E-state index in [2.05, 4.69) is 32.6 Å². The fourth-order valence-electron chi connectivity index (χ4n) is 1.08. The molecule has 0 N–H and O–H groups in total. The molecular formula is C10H20S. The lowest BCUT2D eigenvalue weighted by Gasteiger charge is -2.00. The summed E-state index contributed by atoms with van der Waals surface area (Å²) in [6.45, 7) is 4.46. The van der Waals surface area contributed by atoms with Crippen molar-refractivity contribution in [2.24, 2.45) is 0 Å². The van der Waals surface area contributed by atoms with E-state index in [0.29, 0.717) is 0 Å². The van der Waals surface area contributed by atoms with Gasteiger partial charge in [0.15, 0.2) is 0 Å². The second kappa shape index (κ2) is 8.19. The molecule has 0 aliphatic heterocycles. The molecule has 0 saturated carbocycles. The lowest BCUT2D eigenvalue weighted by molar-refractivity contribution is 0.802. The maximum atomic E-state index is 4.22. The van der Waals surface area contributed by atoms with Gasteiger partial charge in [0.05, 0.1) is 0 Å². The van der Waals surface area contributed by atoms with Crippen LogP contribution in [0.25, 0.3) is 0 Å². The van der Waals surface area contributed by atoms with E-state index in [1.54, 1.807) is 5.57 Å². The van der Waals surface area contributed by atoms with Gasteiger partial charge in [-0.15, -0.1) is 0 Å². The summed E-state index contributed by atoms with van der Waals surface area (Å²) in [4.78, 5) is 0. The molecule has 0 heterocycles. The number of hydrogen-bond donors (Lipinski definition) is 1. The van der Waals surface area contributed by atoms with E-state index in [9.17, 15) is 0 Å². The Kier molecular flexibility index (Phi) is 8.26. The van der Waals surface area contributed by atoms with E-state index in [0.717, 1.165) is 5.75 Å². The molecule has 0 aliphatic carbocycles. The molecule has 0 saturated heterocycles. The van der Waals surface area contributed by atoms with Crippen molar-refractivity contribution >= 4 is 12.6 Å². The molecule has 0 unspecified atom stereocenters. The van der Waals surface area contributed by atoms with Crippen LogP contribution in [0.15, 0.2) is 11.6 Å². The zero-order valence-electron chi connectivity index (χ0n) is 7.77. The highest BCUT2D eigenvalue weighted by Crippen LogP contribution is 2.09. The van der Waals surface area contributed by atoms with Crippen LogP contribution < -0.4 is 0 Å². The van der Waals surface area contributed by atoms with Gasteiger partial charge in [0.2, 0.25) is 0 Å². The predicted octanol–water partition coefficient (Wildman–Crippen LogP) is 3.83. The van der Waals surface area contributed by atoms with Crippen molar-refractivity contribution in [1.82, 2.24) is 0 Å². The van der Waals surface area contributed by atoms with Gasteiger partial charge < -0.3 is 0 Å². The summed E-state index contributed by atoms with van der Waals surface area (Å²) >= 11 is 4.22. The summed E-state index contributed by atoms with van der Waals surface area (Å²) in [5, 5.41) is 0. The Morgan fingerprint density at radius 2 is 2.09 bits per heavy atom. The first kappa shape index (κ1) is 11.1. The van der Waals surface area contributed by atoms with Crippen LogP contribution in [0.2, 0.25) is 0 Å². The van der Waals surface area contributed by atoms with Gasteiger partial charge in [-0.3, -0.25) is 0 Å². The molecule has 1 heteroatoms. The molecule has 0 aromatic heterocycles. The molecule has 0 aromatic carbocycles. The Bertz CT molecular complexity index is 105. The minimum Gasteiger partial charge on any atom is -0.179 e. The van der Waals surface area contributed by atoms with E-state index in [-0.39, 0.29) is 0 Å². The van der Waals surface area contributed by atoms with Crippen molar-refractivity contribution in [2.45, 2.75) is 46.0 Å². The highest BCUT2D eigenvalue weighted by Gasteiger charge is 1.91. The lowest BCUT2D eigenvalue weighted by Crippen LogP contribution is -1.83. The normalized spacial score (nSPS) is 12.1. The zero-order chi connectivity index (χ0) is 8.53. The Morgan fingerprint density at radius 1 is 1.36 bits per heavy atom. The number of unbranched alkanes of at least 4 members (excludes halogenated alkanes) is 2. The van der Waals surface area contributed by atoms with Gasteiger partial charge in [0.1, 0.15) is 0 Å². The lowest BCUT2D eigenvalue weighted by atomic mass is 10.1. The third kappa shape index (κ3) is 6.49. The summed E-state index contributed by atoms with van der Waals surface area (Å²) in [6, 6.07) is 0. The van der Waals surface area contributed by atoms with Crippen LogP contribution in [-0.2, 0) is 0 Å². The molecule has 0 rings (SSSR count). The van der Waals surface area contributed by atoms with Crippen LogP contribution in [-0.4, -0.2) is 5.75 Å². The van der Waals surface area contributed by atoms with Gasteiger partial charge in [-0.05, 0) is 25.0 Å². The predicted molar refractivity (Wildman–Crippen MR) is 56.4 cm³/mol. The van der Waals surface area contributed by atoms with Crippen LogP contribution in [0.5, 0.6) is 0 Å². The number of rotatable bonds is 6. The van der Waals surface area contributed by atoms with Crippen molar-refractivity contribution in [1.29, 1.82) is 0 Å². The standard InChI is InChI=1S/C10H20S/c1-3-5-6-7-10(4-2)8-9-11/h7,11H,3-6,8-9H2,1-2H3/b10-7-. The fourth-order valence-corrected chi connectivity index (χ4v) is 1.36. The monoisotopic (exact) mass is 172 g/mol. The first-order chi connectivity index (χ1) is 5.35. The maximum Gasteiger partial charge on any atom is -0.00606 e. The molecule has 11 heavy (non-hydrogen) atoms. The number of allylic oxidation sites excluding steroid dienone is 2. The Morgan fingerprint density at radius 3 is 2.55 bits per heavy atom. The minimum atomic E-state index is 0.992. The summed E-state index contributed by atoms with van der Waals surface area (Å²) in [5.41, 5.74) is 1.58. The third-order valence-electron chi connectivity index (χ3n) is 1.88. The average Bonchev–Trinajstić information content (AvgIpc) is 2.03. The topological polar surface area (TPSA) is 0 Å². The highest BCUT2D eigenvalue weighted by molar-refractivity contribution is 7.80. The largest absolute Gasteiger partial charge is 0.179 e. The maximum absolute atomic E-state index is 4.22. The molecule has 0 radical (unpaired) electrons. The average molecular weight is 172 g/mol. The molecule has 0 nitrogen and oxygen atoms in total. The van der Waals surface area contributed by atoms with Gasteiger partial charge in [0, 0.05) is 0 Å². The number of hydrogen-bond acceptors (Lipinski definition) is 1. The molecular weight excluding hydrogens is 152 g/mol. The van der Waals surface area contributed by atoms with E-state index < -0.39 is 0 Å². The van der Waals surface area contributed by atoms with Crippen LogP contribution in [0, 0.1) is 0 Å². The molecule has 0 bridgehead atoms. The summed E-state index contributed by atoms with van der Waals surface area (Å²) in [7, 11) is 0. The summed E-state index contributed by atoms with van der Waals surface area (Å²) < 4.78 is 0. The highest BCUT2D eigenvalue weighted by atomic mass is 32.1. The summed E-state index contributed by atoms with van der Waals surface area (Å²) in [5.74, 6) is 0.992. The van der Waals surface area contributed by atoms with Crippen LogP contribution in [0.3, 0.4) is 0 Å². The third-order valence-corrected chi connectivity index (χ3v) is 2.10. The smallest absolute Gasteiger partial charge is 0.00606 e. The van der Waals surface area contributed by atoms with Gasteiger partial charge >= 0.3 is 0 Å². The quantitative estimate of drug-likeness (QED) is 0.351. The van der Waals surface area contributed by atoms with Crippen molar-refractivity contribution in [2.75, 3.05) is 5.75 Å². The van der Waals surface area contributed by atoms with Crippen LogP contribution in [0.1, 0.15) is 46.0 Å². The van der Waals surface area contributed by atoms with Gasteiger partial charge in [0.25, 0.3) is 0 Å². The van der Waals surface area contributed by atoms with Gasteiger partial charge in [-0.2, -0.15) is 12.6 Å². The first-order valence-electron chi connectivity index (χ1n) is 4.63. The fraction of sp³-hybridized carbons (Fsp3) is 0.800. The Labute approximate surface area is 76.5 Å². The van der Waals surface area contributed by atoms with E-state index in [1.807, 2.05) is 0 Å². The van der Waals surface area contributed by atoms with Crippen molar-refractivity contribution in [3.63, 3.8) is 0 Å². The second-order valence-corrected chi connectivity index (χ2v) is 3.28. The SMILES string of the molecule is CCCC/C=C(/CC)CCS. The Balaban J connectivity index is 3.52. The van der Waals surface area contributed by atoms with Gasteiger partial charge in [-0.25, -0.2) is 0 Å². The second-order valence-electron chi connectivity index (χ2n) is 2.83. The van der Waals surface area contributed by atoms with Gasteiger partial charge in [-0.1, -0.05) is 38.3 Å². The molecule has 0 aromatic rings. The molecule has 0 spiro atoms. The minimum absolute atomic E-state index is 0.992. The zero-order valence-corrected chi connectivity index (χ0v) is 8.66. The summed E-state index contributed by atoms with van der Waals surface area (Å²) in [6.07, 6.45) is 8.64. The Hall–Kier alpha value is 0.0900. The van der Waals surface area contributed by atoms with Crippen LogP contribution in [0.4, 0.5) is 0 Å². The first-order valence-corrected chi connectivity index (χ1v) is 5.27.